The molecule has 0 saturated carbocycles. The number of rotatable bonds is 6. The normalized spacial score (nSPS) is 12.8. The topological polar surface area (TPSA) is 21.3 Å². The van der Waals surface area contributed by atoms with Crippen LogP contribution in [0.4, 0.5) is 0 Å². The SMILES string of the molecule is CNCCC(C)Oc1cc(C)ccc1C(C)C. The standard InChI is InChI=1S/C15H25NO/c1-11(2)14-7-6-12(3)10-15(14)17-13(4)8-9-16-5/h6-7,10-11,13,16H,8-9H2,1-5H3. The molecule has 1 rings (SSSR count). The number of nitrogens with one attached hydrogen (secondary N) is 1. The zero-order valence-electron chi connectivity index (χ0n) is 11.7. The van der Waals surface area contributed by atoms with Gasteiger partial charge in [-0.25, -0.2) is 0 Å². The summed E-state index contributed by atoms with van der Waals surface area (Å²) in [6.45, 7) is 9.63. The first-order valence-electron chi connectivity index (χ1n) is 6.46. The molecule has 17 heavy (non-hydrogen) atoms. The first-order valence-corrected chi connectivity index (χ1v) is 6.46. The summed E-state index contributed by atoms with van der Waals surface area (Å²) >= 11 is 0. The van der Waals surface area contributed by atoms with Gasteiger partial charge in [-0.1, -0.05) is 26.0 Å². The van der Waals surface area contributed by atoms with E-state index in [1.54, 1.807) is 0 Å². The van der Waals surface area contributed by atoms with E-state index < -0.39 is 0 Å². The Morgan fingerprint density at radius 1 is 1.24 bits per heavy atom. The second-order valence-electron chi connectivity index (χ2n) is 5.02. The van der Waals surface area contributed by atoms with Crippen molar-refractivity contribution in [1.29, 1.82) is 0 Å². The van der Waals surface area contributed by atoms with Crippen molar-refractivity contribution in [3.63, 3.8) is 0 Å². The van der Waals surface area contributed by atoms with Crippen molar-refractivity contribution >= 4 is 0 Å². The Morgan fingerprint density at radius 3 is 2.53 bits per heavy atom. The third-order valence-electron chi connectivity index (χ3n) is 2.92. The molecule has 0 fully saturated rings. The summed E-state index contributed by atoms with van der Waals surface area (Å²) in [6, 6.07) is 6.48. The molecule has 0 aliphatic heterocycles. The quantitative estimate of drug-likeness (QED) is 0.815. The van der Waals surface area contributed by atoms with E-state index in [1.807, 2.05) is 7.05 Å². The molecular weight excluding hydrogens is 210 g/mol. The smallest absolute Gasteiger partial charge is 0.123 e. The van der Waals surface area contributed by atoms with Crippen molar-refractivity contribution in [3.8, 4) is 5.75 Å². The average Bonchev–Trinajstić information content (AvgIpc) is 2.26. The highest BCUT2D eigenvalue weighted by atomic mass is 16.5. The van der Waals surface area contributed by atoms with Crippen molar-refractivity contribution in [1.82, 2.24) is 5.32 Å². The average molecular weight is 235 g/mol. The van der Waals surface area contributed by atoms with Crippen LogP contribution < -0.4 is 10.1 Å². The lowest BCUT2D eigenvalue weighted by molar-refractivity contribution is 0.208. The van der Waals surface area contributed by atoms with Crippen LogP contribution in [0.3, 0.4) is 0 Å². The summed E-state index contributed by atoms with van der Waals surface area (Å²) in [7, 11) is 1.97. The Morgan fingerprint density at radius 2 is 1.94 bits per heavy atom. The number of benzene rings is 1. The predicted molar refractivity (Wildman–Crippen MR) is 73.9 cm³/mol. The number of aryl methyl sites for hydroxylation is 1. The molecule has 1 unspecified atom stereocenters. The molecule has 0 amide bonds. The van der Waals surface area contributed by atoms with Gasteiger partial charge in [0.1, 0.15) is 5.75 Å². The van der Waals surface area contributed by atoms with Gasteiger partial charge in [-0.05, 0) is 57.0 Å². The zero-order valence-corrected chi connectivity index (χ0v) is 11.7. The van der Waals surface area contributed by atoms with Gasteiger partial charge in [0.05, 0.1) is 6.10 Å². The van der Waals surface area contributed by atoms with Crippen LogP contribution in [0.5, 0.6) is 5.75 Å². The van der Waals surface area contributed by atoms with Gasteiger partial charge in [0.25, 0.3) is 0 Å². The maximum Gasteiger partial charge on any atom is 0.123 e. The van der Waals surface area contributed by atoms with Crippen LogP contribution >= 0.6 is 0 Å². The summed E-state index contributed by atoms with van der Waals surface area (Å²) in [5.41, 5.74) is 2.55. The molecule has 1 atom stereocenters. The van der Waals surface area contributed by atoms with Crippen LogP contribution in [0, 0.1) is 6.92 Å². The molecule has 2 heteroatoms. The number of hydrogen-bond acceptors (Lipinski definition) is 2. The summed E-state index contributed by atoms with van der Waals surface area (Å²) in [6.07, 6.45) is 1.28. The summed E-state index contributed by atoms with van der Waals surface area (Å²) in [4.78, 5) is 0. The summed E-state index contributed by atoms with van der Waals surface area (Å²) < 4.78 is 6.05. The first-order chi connectivity index (χ1) is 8.04. The fourth-order valence-corrected chi connectivity index (χ4v) is 1.84. The summed E-state index contributed by atoms with van der Waals surface area (Å²) in [5.74, 6) is 1.55. The number of hydrogen-bond donors (Lipinski definition) is 1. The molecule has 1 N–H and O–H groups in total. The van der Waals surface area contributed by atoms with Gasteiger partial charge in [-0.3, -0.25) is 0 Å². The van der Waals surface area contributed by atoms with Gasteiger partial charge < -0.3 is 10.1 Å². The lowest BCUT2D eigenvalue weighted by Crippen LogP contribution is -2.20. The molecule has 0 aliphatic carbocycles. The van der Waals surface area contributed by atoms with Gasteiger partial charge in [-0.2, -0.15) is 0 Å². The van der Waals surface area contributed by atoms with Crippen molar-refractivity contribution < 1.29 is 4.74 Å². The van der Waals surface area contributed by atoms with Crippen LogP contribution in [-0.2, 0) is 0 Å². The van der Waals surface area contributed by atoms with E-state index in [9.17, 15) is 0 Å². The Kier molecular flexibility index (Phi) is 5.49. The van der Waals surface area contributed by atoms with E-state index in [0.29, 0.717) is 5.92 Å². The number of ether oxygens (including phenoxy) is 1. The second kappa shape index (κ2) is 6.65. The van der Waals surface area contributed by atoms with Crippen molar-refractivity contribution in [2.24, 2.45) is 0 Å². The van der Waals surface area contributed by atoms with Crippen LogP contribution in [-0.4, -0.2) is 19.7 Å². The van der Waals surface area contributed by atoms with Gasteiger partial charge in [0.2, 0.25) is 0 Å². The largest absolute Gasteiger partial charge is 0.490 e. The van der Waals surface area contributed by atoms with Crippen LogP contribution in [0.1, 0.15) is 44.2 Å². The highest BCUT2D eigenvalue weighted by Crippen LogP contribution is 2.28. The van der Waals surface area contributed by atoms with Crippen molar-refractivity contribution in [2.45, 2.75) is 46.1 Å². The maximum atomic E-state index is 6.05. The van der Waals surface area contributed by atoms with E-state index in [0.717, 1.165) is 18.7 Å². The molecule has 1 aromatic rings. The highest BCUT2D eigenvalue weighted by Gasteiger charge is 2.11. The Labute approximate surface area is 105 Å². The maximum absolute atomic E-state index is 6.05. The molecule has 96 valence electrons. The molecule has 0 bridgehead atoms. The van der Waals surface area contributed by atoms with Crippen molar-refractivity contribution in [3.05, 3.63) is 29.3 Å². The minimum atomic E-state index is 0.252. The molecule has 1 aromatic carbocycles. The molecule has 0 saturated heterocycles. The lowest BCUT2D eigenvalue weighted by atomic mass is 10.0. The Hall–Kier alpha value is -1.02. The van der Waals surface area contributed by atoms with Gasteiger partial charge >= 0.3 is 0 Å². The molecule has 2 nitrogen and oxygen atoms in total. The van der Waals surface area contributed by atoms with E-state index in [-0.39, 0.29) is 6.10 Å². The highest BCUT2D eigenvalue weighted by molar-refractivity contribution is 5.39. The van der Waals surface area contributed by atoms with Crippen LogP contribution in [0.15, 0.2) is 18.2 Å². The molecular formula is C15H25NO. The molecule has 0 heterocycles. The minimum absolute atomic E-state index is 0.252. The fraction of sp³-hybridized carbons (Fsp3) is 0.600. The minimum Gasteiger partial charge on any atom is -0.490 e. The van der Waals surface area contributed by atoms with E-state index in [2.05, 4.69) is 51.2 Å². The zero-order chi connectivity index (χ0) is 12.8. The summed E-state index contributed by atoms with van der Waals surface area (Å²) in [5, 5.41) is 3.15. The predicted octanol–water partition coefficient (Wildman–Crippen LogP) is 3.50. The van der Waals surface area contributed by atoms with Gasteiger partial charge in [0.15, 0.2) is 0 Å². The molecule has 0 aliphatic rings. The van der Waals surface area contributed by atoms with E-state index in [4.69, 9.17) is 4.74 Å². The fourth-order valence-electron chi connectivity index (χ4n) is 1.84. The third-order valence-corrected chi connectivity index (χ3v) is 2.92. The van der Waals surface area contributed by atoms with Crippen LogP contribution in [0.2, 0.25) is 0 Å². The molecule has 0 aromatic heterocycles. The van der Waals surface area contributed by atoms with Crippen LogP contribution in [0.25, 0.3) is 0 Å². The van der Waals surface area contributed by atoms with Gasteiger partial charge in [-0.15, -0.1) is 0 Å². The lowest BCUT2D eigenvalue weighted by Gasteiger charge is -2.19. The van der Waals surface area contributed by atoms with Crippen molar-refractivity contribution in [2.75, 3.05) is 13.6 Å². The first kappa shape index (κ1) is 14.0. The Balaban J connectivity index is 2.77. The third kappa shape index (κ3) is 4.39. The Bertz CT molecular complexity index is 347. The van der Waals surface area contributed by atoms with Gasteiger partial charge in [0, 0.05) is 0 Å². The monoisotopic (exact) mass is 235 g/mol. The molecule has 0 radical (unpaired) electrons. The van der Waals surface area contributed by atoms with E-state index in [1.165, 1.54) is 11.1 Å². The molecule has 0 spiro atoms. The van der Waals surface area contributed by atoms with E-state index >= 15 is 0 Å². The second-order valence-corrected chi connectivity index (χ2v) is 5.02.